The lowest BCUT2D eigenvalue weighted by atomic mass is 10.1. The predicted octanol–water partition coefficient (Wildman–Crippen LogP) is 3.06. The second-order valence-electron chi connectivity index (χ2n) is 7.53. The Labute approximate surface area is 164 Å². The normalized spacial score (nSPS) is 25.4. The van der Waals surface area contributed by atoms with Crippen LogP contribution in [0.15, 0.2) is 42.5 Å². The highest BCUT2D eigenvalue weighted by molar-refractivity contribution is 7.88. The summed E-state index contributed by atoms with van der Waals surface area (Å²) in [5.74, 6) is 0.530. The molecule has 5 nitrogen and oxygen atoms in total. The summed E-state index contributed by atoms with van der Waals surface area (Å²) in [6.07, 6.45) is 3.70. The van der Waals surface area contributed by atoms with E-state index in [2.05, 4.69) is 29.0 Å². The molecule has 1 aromatic carbocycles. The first-order valence-electron chi connectivity index (χ1n) is 9.32. The third-order valence-corrected chi connectivity index (χ3v) is 7.30. The van der Waals surface area contributed by atoms with E-state index in [1.807, 2.05) is 23.1 Å². The molecule has 1 saturated carbocycles. The van der Waals surface area contributed by atoms with Gasteiger partial charge in [-0.25, -0.2) is 13.1 Å². The molecule has 3 atom stereocenters. The van der Waals surface area contributed by atoms with E-state index in [4.69, 9.17) is 0 Å². The predicted molar refractivity (Wildman–Crippen MR) is 108 cm³/mol. The molecule has 27 heavy (non-hydrogen) atoms. The second kappa shape index (κ2) is 7.37. The first-order valence-corrected chi connectivity index (χ1v) is 12.0. The fraction of sp³-hybridized carbons (Fsp3) is 0.450. The van der Waals surface area contributed by atoms with E-state index < -0.39 is 10.0 Å². The molecule has 0 bridgehead atoms. The summed E-state index contributed by atoms with van der Waals surface area (Å²) in [6, 6.07) is 14.4. The van der Waals surface area contributed by atoms with Gasteiger partial charge in [0, 0.05) is 40.7 Å². The van der Waals surface area contributed by atoms with Crippen LogP contribution in [-0.4, -0.2) is 44.6 Å². The second-order valence-corrected chi connectivity index (χ2v) is 10.4. The molecular formula is C20H24N2O3S2. The van der Waals surface area contributed by atoms with Crippen LogP contribution in [0.5, 0.6) is 0 Å². The van der Waals surface area contributed by atoms with Gasteiger partial charge in [-0.15, -0.1) is 11.3 Å². The largest absolute Gasteiger partial charge is 0.341 e. The average Bonchev–Trinajstić information content (AvgIpc) is 3.28. The van der Waals surface area contributed by atoms with Crippen molar-refractivity contribution >= 4 is 27.3 Å². The summed E-state index contributed by atoms with van der Waals surface area (Å²) >= 11 is 1.77. The lowest BCUT2D eigenvalue weighted by Crippen LogP contribution is -2.49. The molecule has 2 heterocycles. The maximum atomic E-state index is 12.9. The lowest BCUT2D eigenvalue weighted by molar-refractivity contribution is -0.133. The molecule has 0 radical (unpaired) electrons. The Morgan fingerprint density at radius 3 is 2.70 bits per heavy atom. The number of likely N-dealkylation sites (tertiary alicyclic amines) is 1. The van der Waals surface area contributed by atoms with E-state index in [1.54, 1.807) is 11.3 Å². The molecule has 2 fully saturated rings. The third kappa shape index (κ3) is 4.42. The smallest absolute Gasteiger partial charge is 0.226 e. The maximum absolute atomic E-state index is 12.9. The minimum Gasteiger partial charge on any atom is -0.341 e. The molecule has 7 heteroatoms. The van der Waals surface area contributed by atoms with Crippen LogP contribution in [0.3, 0.4) is 0 Å². The summed E-state index contributed by atoms with van der Waals surface area (Å²) in [6.45, 7) is 1.21. The molecule has 1 aromatic heterocycles. The minimum absolute atomic E-state index is 0.0456. The fourth-order valence-electron chi connectivity index (χ4n) is 3.90. The first-order chi connectivity index (χ1) is 12.9. The summed E-state index contributed by atoms with van der Waals surface area (Å²) < 4.78 is 25.6. The number of benzene rings is 1. The zero-order chi connectivity index (χ0) is 19.0. The van der Waals surface area contributed by atoms with Gasteiger partial charge < -0.3 is 4.90 Å². The van der Waals surface area contributed by atoms with Crippen molar-refractivity contribution in [1.29, 1.82) is 0 Å². The summed E-state index contributed by atoms with van der Waals surface area (Å²) in [7, 11) is -3.24. The summed E-state index contributed by atoms with van der Waals surface area (Å²) in [5, 5.41) is 0. The average molecular weight is 405 g/mol. The number of hydrogen-bond donors (Lipinski definition) is 1. The van der Waals surface area contributed by atoms with Crippen LogP contribution in [0.4, 0.5) is 0 Å². The van der Waals surface area contributed by atoms with Gasteiger partial charge in [-0.2, -0.15) is 0 Å². The van der Waals surface area contributed by atoms with Gasteiger partial charge in [0.25, 0.3) is 0 Å². The molecule has 2 aliphatic rings. The van der Waals surface area contributed by atoms with E-state index in [0.29, 0.717) is 12.5 Å². The van der Waals surface area contributed by atoms with E-state index >= 15 is 0 Å². The molecule has 0 unspecified atom stereocenters. The van der Waals surface area contributed by atoms with Gasteiger partial charge >= 0.3 is 0 Å². The van der Waals surface area contributed by atoms with Crippen molar-refractivity contribution in [3.63, 3.8) is 0 Å². The fourth-order valence-corrected chi connectivity index (χ4v) is 5.89. The molecule has 1 aliphatic carbocycles. The van der Waals surface area contributed by atoms with Crippen molar-refractivity contribution in [3.05, 3.63) is 47.3 Å². The Morgan fingerprint density at radius 2 is 1.96 bits per heavy atom. The molecule has 1 amide bonds. The number of piperidine rings is 1. The van der Waals surface area contributed by atoms with Crippen molar-refractivity contribution < 1.29 is 13.2 Å². The van der Waals surface area contributed by atoms with Crippen molar-refractivity contribution in [3.8, 4) is 10.4 Å². The van der Waals surface area contributed by atoms with Crippen LogP contribution >= 0.6 is 11.3 Å². The standard InChI is InChI=1S/C20H24N2O3S2/c1-27(24,25)21-15-8-5-11-22(13-15)20(23)17-12-16(17)19-10-9-18(26-19)14-6-3-2-4-7-14/h2-4,6-7,9-10,15-17,21H,5,8,11-13H2,1H3/t15-,16+,17+/m0/s1. The molecule has 1 N–H and O–H groups in total. The number of sulfonamides is 1. The van der Waals surface area contributed by atoms with Crippen molar-refractivity contribution in [2.45, 2.75) is 31.2 Å². The van der Waals surface area contributed by atoms with E-state index in [-0.39, 0.29) is 17.9 Å². The Balaban J connectivity index is 1.38. The Kier molecular flexibility index (Phi) is 5.09. The van der Waals surface area contributed by atoms with Crippen LogP contribution in [0.2, 0.25) is 0 Å². The Bertz CT molecular complexity index is 924. The van der Waals surface area contributed by atoms with Gasteiger partial charge in [0.2, 0.25) is 15.9 Å². The number of carbonyl (C=O) groups is 1. The number of hydrogen-bond acceptors (Lipinski definition) is 4. The van der Waals surface area contributed by atoms with Crippen LogP contribution in [0, 0.1) is 5.92 Å². The van der Waals surface area contributed by atoms with Crippen LogP contribution < -0.4 is 4.72 Å². The number of carbonyl (C=O) groups excluding carboxylic acids is 1. The number of rotatable bonds is 5. The van der Waals surface area contributed by atoms with Crippen molar-refractivity contribution in [2.75, 3.05) is 19.3 Å². The van der Waals surface area contributed by atoms with Gasteiger partial charge in [0.1, 0.15) is 0 Å². The van der Waals surface area contributed by atoms with Crippen LogP contribution in [0.25, 0.3) is 10.4 Å². The molecule has 0 spiro atoms. The highest BCUT2D eigenvalue weighted by Crippen LogP contribution is 2.51. The van der Waals surface area contributed by atoms with E-state index in [1.165, 1.54) is 21.6 Å². The number of thiophene rings is 1. The summed E-state index contributed by atoms with van der Waals surface area (Å²) in [5.41, 5.74) is 1.21. The summed E-state index contributed by atoms with van der Waals surface area (Å²) in [4.78, 5) is 17.2. The first kappa shape index (κ1) is 18.7. The maximum Gasteiger partial charge on any atom is 0.226 e. The van der Waals surface area contributed by atoms with E-state index in [9.17, 15) is 13.2 Å². The molecular weight excluding hydrogens is 380 g/mol. The van der Waals surface area contributed by atoms with Gasteiger partial charge in [0.15, 0.2) is 0 Å². The third-order valence-electron chi connectivity index (χ3n) is 5.27. The van der Waals surface area contributed by atoms with Gasteiger partial charge in [0.05, 0.1) is 6.26 Å². The monoisotopic (exact) mass is 404 g/mol. The molecule has 1 saturated heterocycles. The van der Waals surface area contributed by atoms with Crippen LogP contribution in [-0.2, 0) is 14.8 Å². The van der Waals surface area contributed by atoms with Crippen LogP contribution in [0.1, 0.15) is 30.1 Å². The van der Waals surface area contributed by atoms with E-state index in [0.717, 1.165) is 25.8 Å². The quantitative estimate of drug-likeness (QED) is 0.833. The van der Waals surface area contributed by atoms with Gasteiger partial charge in [-0.3, -0.25) is 4.79 Å². The highest BCUT2D eigenvalue weighted by atomic mass is 32.2. The number of nitrogens with zero attached hydrogens (tertiary/aromatic N) is 1. The topological polar surface area (TPSA) is 66.5 Å². The van der Waals surface area contributed by atoms with Gasteiger partial charge in [-0.1, -0.05) is 30.3 Å². The molecule has 1 aliphatic heterocycles. The lowest BCUT2D eigenvalue weighted by Gasteiger charge is -2.33. The SMILES string of the molecule is CS(=O)(=O)N[C@H]1CCCN(C(=O)[C@@H]2C[C@H]2c2ccc(-c3ccccc3)s2)C1. The number of nitrogens with one attached hydrogen (secondary N) is 1. The Morgan fingerprint density at radius 1 is 1.19 bits per heavy atom. The van der Waals surface area contributed by atoms with Gasteiger partial charge in [-0.05, 0) is 37.0 Å². The Hall–Kier alpha value is -1.70. The molecule has 2 aromatic rings. The number of amides is 1. The molecule has 4 rings (SSSR count). The zero-order valence-corrected chi connectivity index (χ0v) is 16.9. The molecule has 144 valence electrons. The zero-order valence-electron chi connectivity index (χ0n) is 15.3. The van der Waals surface area contributed by atoms with Crippen molar-refractivity contribution in [2.24, 2.45) is 5.92 Å². The van der Waals surface area contributed by atoms with Crippen molar-refractivity contribution in [1.82, 2.24) is 9.62 Å². The minimum atomic E-state index is -3.24. The highest BCUT2D eigenvalue weighted by Gasteiger charge is 2.47.